The Balaban J connectivity index is 1.62. The average molecular weight is 839 g/mol. The Bertz CT molecular complexity index is 2020. The number of anilines is 1. The first-order valence-electron chi connectivity index (χ1n) is 20.4. The quantitative estimate of drug-likeness (QED) is 0.0651. The van der Waals surface area contributed by atoms with Crippen molar-refractivity contribution in [2.75, 3.05) is 26.1 Å². The number of phenols is 1. The van der Waals surface area contributed by atoms with Gasteiger partial charge in [-0.3, -0.25) is 19.7 Å². The van der Waals surface area contributed by atoms with Crippen LogP contribution in [0.5, 0.6) is 11.5 Å². The minimum atomic E-state index is -1.55. The maximum atomic E-state index is 14.5. The number of hydrogen-bond donors (Lipinski definition) is 7. The van der Waals surface area contributed by atoms with Gasteiger partial charge in [0.05, 0.1) is 19.3 Å². The van der Waals surface area contributed by atoms with Crippen molar-refractivity contribution in [3.05, 3.63) is 125 Å². The van der Waals surface area contributed by atoms with E-state index in [1.165, 1.54) is 13.2 Å². The summed E-state index contributed by atoms with van der Waals surface area (Å²) in [5, 5.41) is 37.3. The number of phenolic OH excluding ortho intramolecular Hbond substituents is 1. The van der Waals surface area contributed by atoms with Gasteiger partial charge in [-0.25, -0.2) is 4.79 Å². The molecule has 0 saturated heterocycles. The van der Waals surface area contributed by atoms with Gasteiger partial charge in [0.15, 0.2) is 0 Å². The fourth-order valence-electron chi connectivity index (χ4n) is 6.58. The van der Waals surface area contributed by atoms with Crippen LogP contribution in [0.3, 0.4) is 0 Å². The Hall–Kier alpha value is -6.12. The number of hydrogen-bond acceptors (Lipinski definition) is 10. The summed E-state index contributed by atoms with van der Waals surface area (Å²) in [7, 11) is 5.34. The van der Waals surface area contributed by atoms with Crippen LogP contribution in [-0.4, -0.2) is 85.5 Å². The molecule has 0 aromatic heterocycles. The summed E-state index contributed by atoms with van der Waals surface area (Å²) in [6.07, 6.45) is -2.23. The molecule has 5 atom stereocenters. The van der Waals surface area contributed by atoms with Crippen LogP contribution < -0.4 is 36.2 Å². The van der Waals surface area contributed by atoms with E-state index in [4.69, 9.17) is 9.47 Å². The van der Waals surface area contributed by atoms with Crippen LogP contribution in [0.1, 0.15) is 56.9 Å². The van der Waals surface area contributed by atoms with E-state index in [0.29, 0.717) is 11.3 Å². The third kappa shape index (κ3) is 14.5. The fourth-order valence-corrected chi connectivity index (χ4v) is 6.58. The molecule has 14 nitrogen and oxygen atoms in total. The number of carbonyl (C=O) groups is 4. The van der Waals surface area contributed by atoms with Crippen LogP contribution in [0.15, 0.2) is 103 Å². The van der Waals surface area contributed by atoms with E-state index < -0.39 is 59.5 Å². The number of aromatic hydroxyl groups is 1. The van der Waals surface area contributed by atoms with Gasteiger partial charge < -0.3 is 45.9 Å². The second-order valence-electron chi connectivity index (χ2n) is 16.7. The summed E-state index contributed by atoms with van der Waals surface area (Å²) in [6.45, 7) is 9.09. The number of ether oxygens (including phenoxy) is 2. The molecule has 0 unspecified atom stereocenters. The van der Waals surface area contributed by atoms with E-state index in [1.807, 2.05) is 104 Å². The van der Waals surface area contributed by atoms with Gasteiger partial charge in [0.2, 0.25) is 17.7 Å². The zero-order chi connectivity index (χ0) is 44.7. The summed E-state index contributed by atoms with van der Waals surface area (Å²) in [5.74, 6) is -1.76. The van der Waals surface area contributed by atoms with Crippen LogP contribution in [0.25, 0.3) is 0 Å². The maximum Gasteiger partial charge on any atom is 0.408 e. The number of alkyl carbamates (subject to hydrolysis) is 1. The largest absolute Gasteiger partial charge is 0.507 e. The van der Waals surface area contributed by atoms with Crippen molar-refractivity contribution in [1.82, 2.24) is 26.6 Å². The van der Waals surface area contributed by atoms with Crippen molar-refractivity contribution in [1.29, 1.82) is 0 Å². The third-order valence-corrected chi connectivity index (χ3v) is 10.2. The minimum Gasteiger partial charge on any atom is -0.507 e. The second-order valence-corrected chi connectivity index (χ2v) is 16.7. The summed E-state index contributed by atoms with van der Waals surface area (Å²) in [5.41, 5.74) is 3.00. The number of rotatable bonds is 20. The average Bonchev–Trinajstić information content (AvgIpc) is 3.23. The minimum absolute atomic E-state index is 0.000181. The van der Waals surface area contributed by atoms with Crippen LogP contribution in [0.2, 0.25) is 0 Å². The molecule has 0 aliphatic rings. The van der Waals surface area contributed by atoms with Gasteiger partial charge in [0.25, 0.3) is 0 Å². The molecule has 61 heavy (non-hydrogen) atoms. The Kier molecular flexibility index (Phi) is 17.5. The molecule has 4 aromatic carbocycles. The number of nitrogens with zero attached hydrogens (tertiary/aromatic N) is 1. The van der Waals surface area contributed by atoms with Gasteiger partial charge in [0, 0.05) is 44.5 Å². The molecule has 14 heteroatoms. The molecule has 0 fully saturated rings. The van der Waals surface area contributed by atoms with Crippen LogP contribution in [-0.2, 0) is 45.2 Å². The lowest BCUT2D eigenvalue weighted by Gasteiger charge is -2.35. The molecule has 0 spiro atoms. The number of nitrogens with one attached hydrogen (secondary N) is 5. The lowest BCUT2D eigenvalue weighted by Crippen LogP contribution is -2.63. The molecular formula is C47H62N6O8. The normalized spacial score (nSPS) is 13.8. The molecule has 0 saturated carbocycles. The maximum absolute atomic E-state index is 14.5. The summed E-state index contributed by atoms with van der Waals surface area (Å²) >= 11 is 0. The second kappa shape index (κ2) is 22.5. The van der Waals surface area contributed by atoms with Gasteiger partial charge in [-0.05, 0) is 58.7 Å². The van der Waals surface area contributed by atoms with Crippen molar-refractivity contribution in [2.45, 2.75) is 91.0 Å². The lowest BCUT2D eigenvalue weighted by atomic mass is 9.85. The number of amides is 4. The van der Waals surface area contributed by atoms with Crippen molar-refractivity contribution in [3.63, 3.8) is 0 Å². The first kappa shape index (κ1) is 47.6. The zero-order valence-corrected chi connectivity index (χ0v) is 36.4. The van der Waals surface area contributed by atoms with E-state index in [2.05, 4.69) is 26.6 Å². The van der Waals surface area contributed by atoms with E-state index >= 15 is 0 Å². The highest BCUT2D eigenvalue weighted by Gasteiger charge is 2.39. The predicted molar refractivity (Wildman–Crippen MR) is 236 cm³/mol. The highest BCUT2D eigenvalue weighted by atomic mass is 16.5. The molecule has 4 aromatic rings. The Labute approximate surface area is 359 Å². The summed E-state index contributed by atoms with van der Waals surface area (Å²) in [6, 6.07) is 26.2. The molecule has 4 amide bonds. The lowest BCUT2D eigenvalue weighted by molar-refractivity contribution is -0.134. The molecule has 0 aliphatic heterocycles. The number of carbonyl (C=O) groups excluding carboxylic acids is 4. The fraction of sp³-hybridized carbons (Fsp3) is 0.404. The van der Waals surface area contributed by atoms with Crippen molar-refractivity contribution in [3.8, 4) is 11.5 Å². The summed E-state index contributed by atoms with van der Waals surface area (Å²) in [4.78, 5) is 57.5. The first-order chi connectivity index (χ1) is 29.0. The van der Waals surface area contributed by atoms with E-state index in [-0.39, 0.29) is 37.8 Å². The molecule has 0 aliphatic carbocycles. The topological polar surface area (TPSA) is 191 Å². The first-order valence-corrected chi connectivity index (χ1v) is 20.4. The number of aliphatic hydroxyl groups excluding tert-OH is 1. The highest BCUT2D eigenvalue weighted by Crippen LogP contribution is 2.24. The van der Waals surface area contributed by atoms with E-state index in [0.717, 1.165) is 22.4 Å². The molecule has 4 rings (SSSR count). The van der Waals surface area contributed by atoms with Crippen LogP contribution >= 0.6 is 0 Å². The van der Waals surface area contributed by atoms with Gasteiger partial charge in [-0.15, -0.1) is 0 Å². The standard InChI is InChI=1S/C47H62N6O8/c1-30(2)39(43(56)49-28-34-21-24-36(60-8)26-38(34)54)51-44(57)40(48-27-32-19-22-35(23-20-32)53(6)7)41(55)37(25-31-15-11-9-12-16-31)50-45(58)42(47(3,4)5)52-46(59)61-29-33-17-13-10-14-18-33/h9-24,26,30,37,39-42,48,54-55H,25,27-29H2,1-8H3,(H,49,56)(H,50,58)(H,51,57)(H,52,59)/t37-,39-,40+,41+,42+/m0/s1. The van der Waals surface area contributed by atoms with Gasteiger partial charge >= 0.3 is 6.09 Å². The van der Waals surface area contributed by atoms with Crippen molar-refractivity contribution >= 4 is 29.5 Å². The molecule has 0 radical (unpaired) electrons. The SMILES string of the molecule is COc1ccc(CNC(=O)[C@@H](NC(=O)[C@H](NCc2ccc(N(C)C)cc2)[C@H](O)[C@H](Cc2ccccc2)NC(=O)[C@@H](NC(=O)OCc2ccccc2)C(C)(C)C)C(C)C)c(O)c1. The predicted octanol–water partition coefficient (Wildman–Crippen LogP) is 4.81. The number of aliphatic hydroxyl groups is 1. The smallest absolute Gasteiger partial charge is 0.408 e. The summed E-state index contributed by atoms with van der Waals surface area (Å²) < 4.78 is 10.6. The monoisotopic (exact) mass is 838 g/mol. The third-order valence-electron chi connectivity index (χ3n) is 10.2. The van der Waals surface area contributed by atoms with Crippen LogP contribution in [0, 0.1) is 11.3 Å². The number of methoxy groups -OCH3 is 1. The molecule has 0 heterocycles. The molecule has 0 bridgehead atoms. The number of benzene rings is 4. The molecular weight excluding hydrogens is 777 g/mol. The molecule has 7 N–H and O–H groups in total. The Morgan fingerprint density at radius 3 is 1.90 bits per heavy atom. The Morgan fingerprint density at radius 2 is 1.34 bits per heavy atom. The van der Waals surface area contributed by atoms with E-state index in [1.54, 1.807) is 46.8 Å². The highest BCUT2D eigenvalue weighted by molar-refractivity contribution is 5.91. The van der Waals surface area contributed by atoms with Gasteiger partial charge in [-0.1, -0.05) is 107 Å². The van der Waals surface area contributed by atoms with Gasteiger partial charge in [0.1, 0.15) is 36.2 Å². The van der Waals surface area contributed by atoms with E-state index in [9.17, 15) is 29.4 Å². The van der Waals surface area contributed by atoms with Gasteiger partial charge in [-0.2, -0.15) is 0 Å². The van der Waals surface area contributed by atoms with Crippen molar-refractivity contribution in [2.24, 2.45) is 11.3 Å². The molecule has 328 valence electrons. The van der Waals surface area contributed by atoms with Crippen molar-refractivity contribution < 1.29 is 38.9 Å². The zero-order valence-electron chi connectivity index (χ0n) is 36.4. The van der Waals surface area contributed by atoms with Crippen LogP contribution in [0.4, 0.5) is 10.5 Å². The Morgan fingerprint density at radius 1 is 0.721 bits per heavy atom.